The molecule has 0 saturated heterocycles. The summed E-state index contributed by atoms with van der Waals surface area (Å²) in [6, 6.07) is 12.0. The van der Waals surface area contributed by atoms with Crippen LogP contribution in [0, 0.1) is 12.8 Å². The standard InChI is InChI=1S/C29H32ClN5O4/c1-16-4-3-5-19(8-16)25(15-37)33-27(38)17(2)35-13-21-7-6-20(11-23(21)28(35)39)26-24(30)12-31-29(34-26)32-22-9-18(10-22)14-36/h3-8,11-12,17-18,22,25,36-37H,9-10,13-15H2,1-2H3,(H,33,38)(H,31,32,34)/t17?,18-,22-,25?. The number of carbonyl (C=O) groups is 2. The minimum absolute atomic E-state index is 0.181. The maximum absolute atomic E-state index is 13.4. The molecule has 1 aromatic heterocycles. The second kappa shape index (κ2) is 11.3. The summed E-state index contributed by atoms with van der Waals surface area (Å²) < 4.78 is 0. The van der Waals surface area contributed by atoms with Gasteiger partial charge in [-0.1, -0.05) is 53.6 Å². The van der Waals surface area contributed by atoms with Gasteiger partial charge in [0, 0.05) is 30.3 Å². The summed E-state index contributed by atoms with van der Waals surface area (Å²) in [5.74, 6) is 0.160. The highest BCUT2D eigenvalue weighted by atomic mass is 35.5. The van der Waals surface area contributed by atoms with Crippen LogP contribution in [0.25, 0.3) is 11.3 Å². The van der Waals surface area contributed by atoms with E-state index in [1.807, 2.05) is 43.3 Å². The number of carbonyl (C=O) groups excluding carboxylic acids is 2. The van der Waals surface area contributed by atoms with E-state index >= 15 is 0 Å². The summed E-state index contributed by atoms with van der Waals surface area (Å²) in [7, 11) is 0. The molecule has 0 spiro atoms. The number of hydrogen-bond acceptors (Lipinski definition) is 7. The van der Waals surface area contributed by atoms with E-state index in [9.17, 15) is 19.8 Å². The van der Waals surface area contributed by atoms with E-state index in [4.69, 9.17) is 11.6 Å². The van der Waals surface area contributed by atoms with Gasteiger partial charge in [0.25, 0.3) is 5.91 Å². The molecule has 2 unspecified atom stereocenters. The molecule has 2 atom stereocenters. The van der Waals surface area contributed by atoms with E-state index in [0.717, 1.165) is 29.5 Å². The van der Waals surface area contributed by atoms with Gasteiger partial charge >= 0.3 is 0 Å². The van der Waals surface area contributed by atoms with Gasteiger partial charge in [-0.25, -0.2) is 9.97 Å². The highest BCUT2D eigenvalue weighted by molar-refractivity contribution is 6.33. The third kappa shape index (κ3) is 5.61. The van der Waals surface area contributed by atoms with Crippen LogP contribution in [0.2, 0.25) is 5.02 Å². The van der Waals surface area contributed by atoms with Gasteiger partial charge < -0.3 is 25.7 Å². The molecule has 10 heteroatoms. The van der Waals surface area contributed by atoms with Crippen LogP contribution in [0.3, 0.4) is 0 Å². The van der Waals surface area contributed by atoms with Crippen molar-refractivity contribution in [2.24, 2.45) is 5.92 Å². The Hall–Kier alpha value is -3.53. The first-order chi connectivity index (χ1) is 18.8. The molecular formula is C29H32ClN5O4. The first-order valence-electron chi connectivity index (χ1n) is 13.1. The van der Waals surface area contributed by atoms with Gasteiger partial charge in [0.05, 0.1) is 29.6 Å². The Kier molecular flexibility index (Phi) is 7.83. The quantitative estimate of drug-likeness (QED) is 0.322. The highest BCUT2D eigenvalue weighted by Crippen LogP contribution is 2.34. The summed E-state index contributed by atoms with van der Waals surface area (Å²) >= 11 is 6.44. The van der Waals surface area contributed by atoms with Crippen molar-refractivity contribution >= 4 is 29.4 Å². The maximum atomic E-state index is 13.4. The Morgan fingerprint density at radius 2 is 2.00 bits per heavy atom. The summed E-state index contributed by atoms with van der Waals surface area (Å²) in [4.78, 5) is 36.9. The number of halogens is 1. The summed E-state index contributed by atoms with van der Waals surface area (Å²) in [6.07, 6.45) is 3.25. The number of aliphatic hydroxyl groups excluding tert-OH is 2. The van der Waals surface area contributed by atoms with E-state index in [1.54, 1.807) is 13.0 Å². The summed E-state index contributed by atoms with van der Waals surface area (Å²) in [5, 5.41) is 25.7. The number of aromatic nitrogens is 2. The van der Waals surface area contributed by atoms with E-state index in [1.165, 1.54) is 11.1 Å². The number of aryl methyl sites for hydroxylation is 1. The smallest absolute Gasteiger partial charge is 0.255 e. The number of benzene rings is 2. The molecule has 2 amide bonds. The van der Waals surface area contributed by atoms with Gasteiger partial charge in [0.2, 0.25) is 11.9 Å². The molecule has 2 aliphatic rings. The van der Waals surface area contributed by atoms with E-state index in [2.05, 4.69) is 20.6 Å². The molecule has 0 radical (unpaired) electrons. The Labute approximate surface area is 232 Å². The van der Waals surface area contributed by atoms with Crippen LogP contribution in [0.1, 0.15) is 52.9 Å². The normalized spacial score (nSPS) is 19.7. The number of fused-ring (bicyclic) bond motifs is 1. The maximum Gasteiger partial charge on any atom is 0.255 e. The molecule has 39 heavy (non-hydrogen) atoms. The minimum atomic E-state index is -0.740. The lowest BCUT2D eigenvalue weighted by Gasteiger charge is -2.34. The first-order valence-corrected chi connectivity index (χ1v) is 13.5. The highest BCUT2D eigenvalue weighted by Gasteiger charge is 2.35. The molecular weight excluding hydrogens is 518 g/mol. The average Bonchev–Trinajstić information content (AvgIpc) is 3.24. The number of hydrogen-bond donors (Lipinski definition) is 4. The van der Waals surface area contributed by atoms with Crippen LogP contribution >= 0.6 is 11.6 Å². The van der Waals surface area contributed by atoms with Gasteiger partial charge in [0.15, 0.2) is 0 Å². The van der Waals surface area contributed by atoms with Crippen LogP contribution in [0.4, 0.5) is 5.95 Å². The van der Waals surface area contributed by atoms with Crippen molar-refractivity contribution in [1.29, 1.82) is 0 Å². The van der Waals surface area contributed by atoms with Gasteiger partial charge in [-0.2, -0.15) is 0 Å². The number of aliphatic hydroxyl groups is 2. The molecule has 4 N–H and O–H groups in total. The zero-order valence-electron chi connectivity index (χ0n) is 21.9. The molecule has 1 fully saturated rings. The van der Waals surface area contributed by atoms with Crippen LogP contribution in [-0.2, 0) is 11.3 Å². The van der Waals surface area contributed by atoms with Gasteiger partial charge in [0.1, 0.15) is 6.04 Å². The fourth-order valence-electron chi connectivity index (χ4n) is 5.16. The van der Waals surface area contributed by atoms with Crippen molar-refractivity contribution in [2.45, 2.75) is 51.4 Å². The van der Waals surface area contributed by atoms with Gasteiger partial charge in [-0.3, -0.25) is 9.59 Å². The van der Waals surface area contributed by atoms with Crippen molar-refractivity contribution in [1.82, 2.24) is 20.2 Å². The Balaban J connectivity index is 1.30. The van der Waals surface area contributed by atoms with Crippen LogP contribution in [0.5, 0.6) is 0 Å². The van der Waals surface area contributed by atoms with Crippen LogP contribution in [-0.4, -0.2) is 62.2 Å². The number of anilines is 1. The molecule has 204 valence electrons. The second-order valence-corrected chi connectivity index (χ2v) is 10.8. The third-order valence-electron chi connectivity index (χ3n) is 7.58. The summed E-state index contributed by atoms with van der Waals surface area (Å²) in [5.41, 5.74) is 4.33. The molecule has 1 saturated carbocycles. The van der Waals surface area contributed by atoms with Crippen molar-refractivity contribution in [2.75, 3.05) is 18.5 Å². The van der Waals surface area contributed by atoms with Crippen molar-refractivity contribution in [3.8, 4) is 11.3 Å². The van der Waals surface area contributed by atoms with Crippen molar-refractivity contribution in [3.05, 3.63) is 75.9 Å². The molecule has 2 heterocycles. The van der Waals surface area contributed by atoms with Gasteiger partial charge in [-0.05, 0) is 49.8 Å². The lowest BCUT2D eigenvalue weighted by molar-refractivity contribution is -0.126. The largest absolute Gasteiger partial charge is 0.396 e. The molecule has 2 aromatic carbocycles. The van der Waals surface area contributed by atoms with E-state index in [0.29, 0.717) is 40.3 Å². The molecule has 1 aliphatic carbocycles. The fraction of sp³-hybridized carbons (Fsp3) is 0.379. The molecule has 1 aliphatic heterocycles. The molecule has 3 aromatic rings. The van der Waals surface area contributed by atoms with Gasteiger partial charge in [-0.15, -0.1) is 0 Å². The van der Waals surface area contributed by atoms with Crippen molar-refractivity contribution in [3.63, 3.8) is 0 Å². The molecule has 9 nitrogen and oxygen atoms in total. The average molecular weight is 550 g/mol. The fourth-order valence-corrected chi connectivity index (χ4v) is 5.36. The minimum Gasteiger partial charge on any atom is -0.396 e. The third-order valence-corrected chi connectivity index (χ3v) is 7.85. The Morgan fingerprint density at radius 3 is 2.72 bits per heavy atom. The topological polar surface area (TPSA) is 128 Å². The molecule has 0 bridgehead atoms. The van der Waals surface area contributed by atoms with E-state index < -0.39 is 12.1 Å². The number of rotatable bonds is 9. The van der Waals surface area contributed by atoms with E-state index in [-0.39, 0.29) is 31.1 Å². The lowest BCUT2D eigenvalue weighted by Crippen LogP contribution is -2.46. The van der Waals surface area contributed by atoms with Crippen molar-refractivity contribution < 1.29 is 19.8 Å². The number of nitrogens with zero attached hydrogens (tertiary/aromatic N) is 3. The number of nitrogens with one attached hydrogen (secondary N) is 2. The van der Waals surface area contributed by atoms with Crippen LogP contribution in [0.15, 0.2) is 48.7 Å². The lowest BCUT2D eigenvalue weighted by atomic mass is 9.81. The molecule has 5 rings (SSSR count). The second-order valence-electron chi connectivity index (χ2n) is 10.4. The van der Waals surface area contributed by atoms with Crippen LogP contribution < -0.4 is 10.6 Å². The SMILES string of the molecule is Cc1cccc(C(CO)NC(=O)C(C)N2Cc3ccc(-c4nc(N[C@H]5C[C@H](CO)C5)ncc4Cl)cc3C2=O)c1. The Bertz CT molecular complexity index is 1390. The zero-order valence-corrected chi connectivity index (χ0v) is 22.7. The monoisotopic (exact) mass is 549 g/mol. The zero-order chi connectivity index (χ0) is 27.7. The number of amides is 2. The first kappa shape index (κ1) is 27.1. The summed E-state index contributed by atoms with van der Waals surface area (Å²) in [6.45, 7) is 3.87. The predicted octanol–water partition coefficient (Wildman–Crippen LogP) is 3.48. The Morgan fingerprint density at radius 1 is 1.21 bits per heavy atom. The predicted molar refractivity (Wildman–Crippen MR) is 148 cm³/mol.